The van der Waals surface area contributed by atoms with Gasteiger partial charge in [-0.25, -0.2) is 9.38 Å². The standard InChI is InChI=1S/C17H16FN5O/c1-11(12-4-3-7-21-10-12)9-22-16(20)15(19)17(24)23-14-6-2-5-13(18)8-14/h2-10H,1,19-20H2,(H,23,24)/b16-15-,22-9-. The molecule has 1 aromatic heterocycles. The van der Waals surface area contributed by atoms with Gasteiger partial charge in [0.15, 0.2) is 5.82 Å². The van der Waals surface area contributed by atoms with E-state index in [0.717, 1.165) is 11.6 Å². The van der Waals surface area contributed by atoms with Crippen LogP contribution in [0.5, 0.6) is 0 Å². The second kappa shape index (κ2) is 7.68. The van der Waals surface area contributed by atoms with Gasteiger partial charge in [0, 0.05) is 29.9 Å². The van der Waals surface area contributed by atoms with Crippen LogP contribution < -0.4 is 16.8 Å². The summed E-state index contributed by atoms with van der Waals surface area (Å²) in [6.45, 7) is 3.83. The lowest BCUT2D eigenvalue weighted by Gasteiger charge is -2.06. The number of halogens is 1. The molecule has 0 aliphatic carbocycles. The van der Waals surface area contributed by atoms with E-state index in [1.54, 1.807) is 24.5 Å². The number of benzene rings is 1. The molecule has 0 bridgehead atoms. The minimum atomic E-state index is -0.678. The Hall–Kier alpha value is -3.48. The molecule has 2 aromatic rings. The topological polar surface area (TPSA) is 106 Å². The number of nitrogens with one attached hydrogen (secondary N) is 1. The predicted molar refractivity (Wildman–Crippen MR) is 92.2 cm³/mol. The van der Waals surface area contributed by atoms with Crippen molar-refractivity contribution in [2.45, 2.75) is 0 Å². The number of anilines is 1. The fraction of sp³-hybridized carbons (Fsp3) is 0. The van der Waals surface area contributed by atoms with Gasteiger partial charge in [-0.2, -0.15) is 0 Å². The lowest BCUT2D eigenvalue weighted by atomic mass is 10.1. The molecular weight excluding hydrogens is 309 g/mol. The van der Waals surface area contributed by atoms with Crippen molar-refractivity contribution >= 4 is 23.4 Å². The van der Waals surface area contributed by atoms with Crippen molar-refractivity contribution < 1.29 is 9.18 Å². The van der Waals surface area contributed by atoms with Gasteiger partial charge >= 0.3 is 0 Å². The zero-order valence-corrected chi connectivity index (χ0v) is 12.7. The van der Waals surface area contributed by atoms with Crippen LogP contribution in [-0.2, 0) is 4.79 Å². The van der Waals surface area contributed by atoms with Gasteiger partial charge in [0.2, 0.25) is 0 Å². The number of hydrogen-bond donors (Lipinski definition) is 3. The van der Waals surface area contributed by atoms with Crippen LogP contribution in [0.1, 0.15) is 5.56 Å². The first-order valence-electron chi connectivity index (χ1n) is 6.93. The molecule has 7 heteroatoms. The fourth-order valence-corrected chi connectivity index (χ4v) is 1.73. The minimum Gasteiger partial charge on any atom is -0.391 e. The van der Waals surface area contributed by atoms with Gasteiger partial charge in [0.25, 0.3) is 5.91 Å². The quantitative estimate of drug-likeness (QED) is 0.577. The Bertz CT molecular complexity index is 815. The molecule has 1 aromatic carbocycles. The average molecular weight is 325 g/mol. The van der Waals surface area contributed by atoms with Crippen LogP contribution in [0.2, 0.25) is 0 Å². The van der Waals surface area contributed by atoms with Crippen molar-refractivity contribution in [1.29, 1.82) is 0 Å². The molecular formula is C17H16FN5O. The van der Waals surface area contributed by atoms with Crippen LogP contribution in [0.4, 0.5) is 10.1 Å². The summed E-state index contributed by atoms with van der Waals surface area (Å²) < 4.78 is 13.1. The molecule has 5 N–H and O–H groups in total. The monoisotopic (exact) mass is 325 g/mol. The number of aliphatic imine (C=N–C) groups is 1. The van der Waals surface area contributed by atoms with Crippen molar-refractivity contribution in [3.63, 3.8) is 0 Å². The van der Waals surface area contributed by atoms with Crippen molar-refractivity contribution in [2.75, 3.05) is 5.32 Å². The first kappa shape index (κ1) is 16.9. The number of pyridine rings is 1. The molecule has 24 heavy (non-hydrogen) atoms. The normalized spacial score (nSPS) is 11.9. The second-order valence-corrected chi connectivity index (χ2v) is 4.79. The molecule has 1 heterocycles. The van der Waals surface area contributed by atoms with E-state index in [0.29, 0.717) is 5.57 Å². The van der Waals surface area contributed by atoms with Crippen LogP contribution in [0, 0.1) is 5.82 Å². The molecule has 1 amide bonds. The second-order valence-electron chi connectivity index (χ2n) is 4.79. The van der Waals surface area contributed by atoms with E-state index in [9.17, 15) is 9.18 Å². The first-order chi connectivity index (χ1) is 11.5. The molecule has 0 fully saturated rings. The number of allylic oxidation sites excluding steroid dienone is 1. The van der Waals surface area contributed by atoms with Gasteiger partial charge in [-0.3, -0.25) is 9.78 Å². The highest BCUT2D eigenvalue weighted by Crippen LogP contribution is 2.11. The zero-order chi connectivity index (χ0) is 17.5. The minimum absolute atomic E-state index is 0.172. The van der Waals surface area contributed by atoms with E-state index in [1.165, 1.54) is 24.4 Å². The van der Waals surface area contributed by atoms with Gasteiger partial charge in [0.1, 0.15) is 11.5 Å². The summed E-state index contributed by atoms with van der Waals surface area (Å²) in [7, 11) is 0. The Morgan fingerprint density at radius 1 is 1.29 bits per heavy atom. The Balaban J connectivity index is 2.08. The average Bonchev–Trinajstić information content (AvgIpc) is 2.59. The van der Waals surface area contributed by atoms with Crippen molar-refractivity contribution in [2.24, 2.45) is 16.5 Å². The first-order valence-corrected chi connectivity index (χ1v) is 6.93. The Morgan fingerprint density at radius 2 is 2.08 bits per heavy atom. The predicted octanol–water partition coefficient (Wildman–Crippen LogP) is 2.03. The SMILES string of the molecule is C=C(/C=N\C(N)=C(/N)C(=O)Nc1cccc(F)c1)c1cccnc1. The fourth-order valence-electron chi connectivity index (χ4n) is 1.73. The highest BCUT2D eigenvalue weighted by Gasteiger charge is 2.10. The zero-order valence-electron chi connectivity index (χ0n) is 12.7. The molecule has 122 valence electrons. The van der Waals surface area contributed by atoms with E-state index in [1.807, 2.05) is 0 Å². The molecule has 0 spiro atoms. The molecule has 0 aliphatic rings. The summed E-state index contributed by atoms with van der Waals surface area (Å²) in [6, 6.07) is 8.98. The Morgan fingerprint density at radius 3 is 2.75 bits per heavy atom. The third kappa shape index (κ3) is 4.51. The van der Waals surface area contributed by atoms with Crippen LogP contribution in [0.15, 0.2) is 71.9 Å². The van der Waals surface area contributed by atoms with Crippen LogP contribution >= 0.6 is 0 Å². The number of carbonyl (C=O) groups is 1. The molecule has 2 rings (SSSR count). The molecule has 0 saturated heterocycles. The Labute approximate surface area is 138 Å². The number of amides is 1. The van der Waals surface area contributed by atoms with E-state index >= 15 is 0 Å². The smallest absolute Gasteiger partial charge is 0.275 e. The summed E-state index contributed by atoms with van der Waals surface area (Å²) in [6.07, 6.45) is 4.64. The van der Waals surface area contributed by atoms with Gasteiger partial charge in [-0.05, 0) is 29.8 Å². The molecule has 6 nitrogen and oxygen atoms in total. The van der Waals surface area contributed by atoms with Gasteiger partial charge in [-0.15, -0.1) is 0 Å². The van der Waals surface area contributed by atoms with Crippen LogP contribution in [0.25, 0.3) is 5.57 Å². The van der Waals surface area contributed by atoms with E-state index in [2.05, 4.69) is 21.9 Å². The van der Waals surface area contributed by atoms with E-state index < -0.39 is 11.7 Å². The number of rotatable bonds is 5. The van der Waals surface area contributed by atoms with Gasteiger partial charge < -0.3 is 16.8 Å². The largest absolute Gasteiger partial charge is 0.391 e. The maximum absolute atomic E-state index is 13.1. The van der Waals surface area contributed by atoms with Gasteiger partial charge in [-0.1, -0.05) is 18.7 Å². The van der Waals surface area contributed by atoms with Gasteiger partial charge in [0.05, 0.1) is 0 Å². The summed E-state index contributed by atoms with van der Waals surface area (Å²) in [5.74, 6) is -1.33. The van der Waals surface area contributed by atoms with Crippen LogP contribution in [0.3, 0.4) is 0 Å². The number of carbonyl (C=O) groups excluding carboxylic acids is 1. The molecule has 0 aliphatic heterocycles. The molecule has 0 atom stereocenters. The third-order valence-electron chi connectivity index (χ3n) is 2.99. The number of nitrogens with two attached hydrogens (primary N) is 2. The molecule has 0 saturated carbocycles. The number of hydrogen-bond acceptors (Lipinski definition) is 5. The lowest BCUT2D eigenvalue weighted by Crippen LogP contribution is -2.24. The van der Waals surface area contributed by atoms with Crippen LogP contribution in [-0.4, -0.2) is 17.1 Å². The maximum atomic E-state index is 13.1. The summed E-state index contributed by atoms with van der Waals surface area (Å²) in [5.41, 5.74) is 12.7. The Kier molecular flexibility index (Phi) is 5.40. The highest BCUT2D eigenvalue weighted by atomic mass is 19.1. The lowest BCUT2D eigenvalue weighted by molar-refractivity contribution is -0.113. The van der Waals surface area contributed by atoms with E-state index in [4.69, 9.17) is 11.5 Å². The van der Waals surface area contributed by atoms with Crippen molar-refractivity contribution in [3.05, 3.63) is 78.3 Å². The summed E-state index contributed by atoms with van der Waals surface area (Å²) in [4.78, 5) is 19.9. The number of aromatic nitrogens is 1. The molecule has 0 unspecified atom stereocenters. The van der Waals surface area contributed by atoms with E-state index in [-0.39, 0.29) is 17.2 Å². The summed E-state index contributed by atoms with van der Waals surface area (Å²) in [5, 5.41) is 2.43. The summed E-state index contributed by atoms with van der Waals surface area (Å²) >= 11 is 0. The van der Waals surface area contributed by atoms with Crippen molar-refractivity contribution in [3.8, 4) is 0 Å². The van der Waals surface area contributed by atoms with Crippen molar-refractivity contribution in [1.82, 2.24) is 4.98 Å². The molecule has 0 radical (unpaired) electrons. The third-order valence-corrected chi connectivity index (χ3v) is 2.99. The maximum Gasteiger partial charge on any atom is 0.275 e. The highest BCUT2D eigenvalue weighted by molar-refractivity contribution is 6.09. The number of nitrogens with zero attached hydrogens (tertiary/aromatic N) is 2.